The molecule has 0 bridgehead atoms. The number of carbonyl (C=O) groups excluding carboxylic acids is 2. The van der Waals surface area contributed by atoms with Crippen LogP contribution in [0.25, 0.3) is 0 Å². The van der Waals surface area contributed by atoms with Crippen molar-refractivity contribution in [1.82, 2.24) is 25.3 Å². The van der Waals surface area contributed by atoms with Crippen molar-refractivity contribution in [1.29, 1.82) is 5.41 Å². The number of hydrogen-bond acceptors (Lipinski definition) is 10. The van der Waals surface area contributed by atoms with Gasteiger partial charge in [0.15, 0.2) is 0 Å². The summed E-state index contributed by atoms with van der Waals surface area (Å²) in [5.74, 6) is 0.282. The van der Waals surface area contributed by atoms with Gasteiger partial charge in [-0.2, -0.15) is 18.6 Å². The van der Waals surface area contributed by atoms with E-state index in [9.17, 15) is 22.8 Å². The molecule has 2 amide bonds. The topological polar surface area (TPSA) is 132 Å². The fourth-order valence-electron chi connectivity index (χ4n) is 6.07. The highest BCUT2D eigenvalue weighted by Crippen LogP contribution is 2.59. The number of aromatic nitrogens is 1. The molecule has 11 nitrogen and oxygen atoms in total. The van der Waals surface area contributed by atoms with E-state index < -0.39 is 29.3 Å². The summed E-state index contributed by atoms with van der Waals surface area (Å²) in [6.45, 7) is 13.0. The number of rotatable bonds is 15. The Morgan fingerprint density at radius 3 is 2.56 bits per heavy atom. The second-order valence-corrected chi connectivity index (χ2v) is 15.9. The van der Waals surface area contributed by atoms with Gasteiger partial charge in [-0.1, -0.05) is 18.0 Å². The molecule has 1 aromatic heterocycles. The third-order valence-electron chi connectivity index (χ3n) is 9.09. The van der Waals surface area contributed by atoms with E-state index in [2.05, 4.69) is 34.3 Å². The van der Waals surface area contributed by atoms with Gasteiger partial charge in [-0.25, -0.2) is 9.78 Å². The van der Waals surface area contributed by atoms with Crippen LogP contribution < -0.4 is 20.5 Å². The van der Waals surface area contributed by atoms with Gasteiger partial charge < -0.3 is 25.1 Å². The van der Waals surface area contributed by atoms with E-state index in [4.69, 9.17) is 26.5 Å². The highest BCUT2D eigenvalue weighted by Gasteiger charge is 2.62. The number of pyridine rings is 1. The van der Waals surface area contributed by atoms with Crippen LogP contribution in [0, 0.1) is 16.7 Å². The number of nitrogens with zero attached hydrogens (tertiary/aromatic N) is 3. The zero-order valence-corrected chi connectivity index (χ0v) is 31.1. The molecule has 1 aromatic rings. The molecule has 2 aliphatic heterocycles. The fraction of sp³-hybridized carbons (Fsp3) is 0.647. The maximum absolute atomic E-state index is 13.2. The smallest absolute Gasteiger partial charge is 0.410 e. The first kappa shape index (κ1) is 39.8. The van der Waals surface area contributed by atoms with E-state index in [1.54, 1.807) is 18.3 Å². The summed E-state index contributed by atoms with van der Waals surface area (Å²) in [4.78, 5) is 32.3. The first-order chi connectivity index (χ1) is 23.3. The Morgan fingerprint density at radius 1 is 1.22 bits per heavy atom. The van der Waals surface area contributed by atoms with E-state index in [-0.39, 0.29) is 48.2 Å². The minimum absolute atomic E-state index is 0.0434. The molecule has 2 unspecified atom stereocenters. The first-order valence-corrected chi connectivity index (χ1v) is 18.1. The maximum atomic E-state index is 13.2. The molecule has 1 saturated carbocycles. The Kier molecular flexibility index (Phi) is 12.8. The quantitative estimate of drug-likeness (QED) is 0.0618. The van der Waals surface area contributed by atoms with Gasteiger partial charge in [0.1, 0.15) is 22.8 Å². The van der Waals surface area contributed by atoms with Gasteiger partial charge in [0.2, 0.25) is 0 Å². The molecule has 4 rings (SSSR count). The highest BCUT2D eigenvalue weighted by atomic mass is 35.5. The Morgan fingerprint density at radius 2 is 1.94 bits per heavy atom. The van der Waals surface area contributed by atoms with Crippen LogP contribution in [0.2, 0.25) is 5.15 Å². The van der Waals surface area contributed by atoms with Crippen molar-refractivity contribution >= 4 is 47.6 Å². The van der Waals surface area contributed by atoms with Crippen LogP contribution in [0.5, 0.6) is 0 Å². The molecule has 0 radical (unpaired) electrons. The van der Waals surface area contributed by atoms with Crippen LogP contribution in [-0.2, 0) is 9.47 Å². The van der Waals surface area contributed by atoms with Gasteiger partial charge in [-0.05, 0) is 116 Å². The number of hydrazine groups is 1. The number of unbranched alkanes of at least 4 members (excludes halogenated alkanes) is 1. The van der Waals surface area contributed by atoms with Crippen LogP contribution in [0.1, 0.15) is 96.8 Å². The third kappa shape index (κ3) is 10.5. The van der Waals surface area contributed by atoms with Crippen LogP contribution in [-0.4, -0.2) is 71.3 Å². The van der Waals surface area contributed by atoms with E-state index in [0.717, 1.165) is 43.3 Å². The molecular formula is C34H49ClF3N7O4S. The number of allylic oxidation sites excluding steroid dienone is 2. The number of likely N-dealkylation sites (tertiary alicyclic amines) is 1. The van der Waals surface area contributed by atoms with E-state index >= 15 is 0 Å². The van der Waals surface area contributed by atoms with E-state index in [1.165, 1.54) is 17.3 Å². The molecule has 4 N–H and O–H groups in total. The first-order valence-electron chi connectivity index (χ1n) is 16.9. The Balaban J connectivity index is 1.17. The zero-order chi connectivity index (χ0) is 36.9. The number of amides is 2. The molecule has 1 saturated heterocycles. The van der Waals surface area contributed by atoms with Crippen LogP contribution in [0.15, 0.2) is 35.0 Å². The average Bonchev–Trinajstić information content (AvgIpc) is 3.56. The SMILES string of the molecule is C/C(NCCCCC1CN(C(=O)OC(C)(C)C)C(C)(C)C1)=C(/C=N)SNC(=O)c1ccc(N2C=CC(OCCC3(C(F)(F)F)CC3)N2)nc1Cl. The molecule has 2 atom stereocenters. The molecule has 1 aliphatic carbocycles. The number of alkyl halides is 3. The molecule has 50 heavy (non-hydrogen) atoms. The largest absolute Gasteiger partial charge is 0.444 e. The van der Waals surface area contributed by atoms with Crippen LogP contribution in [0.3, 0.4) is 0 Å². The standard InChI is InChI=1S/C34H49ClF3N7O4S/c1-22(40-16-8-7-9-23-19-32(5,6)44(21-23)30(47)49-31(2,3)4)25(20-39)50-43-29(46)24-10-11-26(41-28(24)35)45-17-12-27(42-45)48-18-15-33(13-14-33)34(36,37)38/h10-12,17,20,23,27,39-40,42H,7-9,13-16,18-19,21H2,1-6H3,(H,43,46)/b25-22+,39-20?. The van der Waals surface area contributed by atoms with E-state index in [1.807, 2.05) is 32.6 Å². The van der Waals surface area contributed by atoms with Crippen molar-refractivity contribution in [2.45, 2.75) is 110 Å². The summed E-state index contributed by atoms with van der Waals surface area (Å²) < 4.78 is 53.4. The lowest BCUT2D eigenvalue weighted by molar-refractivity contribution is -0.192. The number of halogens is 4. The number of anilines is 1. The average molecular weight is 744 g/mol. The minimum Gasteiger partial charge on any atom is -0.444 e. The van der Waals surface area contributed by atoms with Gasteiger partial charge in [0, 0.05) is 43.3 Å². The molecule has 2 fully saturated rings. The summed E-state index contributed by atoms with van der Waals surface area (Å²) in [5.41, 5.74) is 1.46. The van der Waals surface area contributed by atoms with Crippen molar-refractivity contribution in [3.63, 3.8) is 0 Å². The summed E-state index contributed by atoms with van der Waals surface area (Å²) in [6.07, 6.45) is 3.33. The fourth-order valence-corrected chi connectivity index (χ4v) is 6.90. The lowest BCUT2D eigenvalue weighted by Crippen LogP contribution is -2.45. The zero-order valence-electron chi connectivity index (χ0n) is 29.5. The molecule has 0 spiro atoms. The Hall–Kier alpha value is -3.01. The number of nitrogens with one attached hydrogen (secondary N) is 4. The number of hydrogen-bond donors (Lipinski definition) is 4. The monoisotopic (exact) mass is 743 g/mol. The molecule has 278 valence electrons. The summed E-state index contributed by atoms with van der Waals surface area (Å²) in [5, 5.41) is 12.6. The van der Waals surface area contributed by atoms with Gasteiger partial charge in [0.05, 0.1) is 15.9 Å². The Labute approximate surface area is 301 Å². The van der Waals surface area contributed by atoms with Crippen molar-refractivity contribution in [2.24, 2.45) is 11.3 Å². The van der Waals surface area contributed by atoms with Gasteiger partial charge in [-0.3, -0.25) is 14.5 Å². The van der Waals surface area contributed by atoms with E-state index in [0.29, 0.717) is 29.7 Å². The summed E-state index contributed by atoms with van der Waals surface area (Å²) >= 11 is 7.35. The summed E-state index contributed by atoms with van der Waals surface area (Å²) in [6, 6.07) is 3.09. The predicted octanol–water partition coefficient (Wildman–Crippen LogP) is 7.70. The second kappa shape index (κ2) is 16.1. The van der Waals surface area contributed by atoms with Crippen molar-refractivity contribution in [3.8, 4) is 0 Å². The van der Waals surface area contributed by atoms with Gasteiger partial charge in [0.25, 0.3) is 5.91 Å². The van der Waals surface area contributed by atoms with Gasteiger partial charge >= 0.3 is 12.3 Å². The molecule has 0 aromatic carbocycles. The maximum Gasteiger partial charge on any atom is 0.410 e. The van der Waals surface area contributed by atoms with Crippen molar-refractivity contribution < 1.29 is 32.2 Å². The number of ether oxygens (including phenoxy) is 2. The normalized spacial score (nSPS) is 21.6. The number of carbonyl (C=O) groups is 2. The minimum atomic E-state index is -4.22. The summed E-state index contributed by atoms with van der Waals surface area (Å²) in [7, 11) is 0. The predicted molar refractivity (Wildman–Crippen MR) is 190 cm³/mol. The molecule has 16 heteroatoms. The molecule has 3 heterocycles. The highest BCUT2D eigenvalue weighted by molar-refractivity contribution is 8.02. The molecule has 3 aliphatic rings. The van der Waals surface area contributed by atoms with Gasteiger partial charge in [-0.15, -0.1) is 0 Å². The second-order valence-electron chi connectivity index (χ2n) is 14.7. The Bertz CT molecular complexity index is 1460. The van der Waals surface area contributed by atoms with Crippen LogP contribution >= 0.6 is 23.5 Å². The lowest BCUT2D eigenvalue weighted by atomic mass is 9.93. The molecular weight excluding hydrogens is 695 g/mol. The van der Waals surface area contributed by atoms with Crippen molar-refractivity contribution in [3.05, 3.63) is 45.7 Å². The van der Waals surface area contributed by atoms with Crippen LogP contribution in [0.4, 0.5) is 23.8 Å². The van der Waals surface area contributed by atoms with Crippen molar-refractivity contribution in [2.75, 3.05) is 24.7 Å². The lowest BCUT2D eigenvalue weighted by Gasteiger charge is -2.33. The third-order valence-corrected chi connectivity index (χ3v) is 10.3.